The van der Waals surface area contributed by atoms with Crippen molar-refractivity contribution in [1.29, 1.82) is 0 Å². The van der Waals surface area contributed by atoms with Crippen molar-refractivity contribution in [2.24, 2.45) is 7.05 Å². The lowest BCUT2D eigenvalue weighted by molar-refractivity contribution is 0.756. The Balaban J connectivity index is 2.44. The molecule has 20 heavy (non-hydrogen) atoms. The molecule has 0 aliphatic carbocycles. The summed E-state index contributed by atoms with van der Waals surface area (Å²) in [4.78, 5) is 9.16. The molecule has 2 heterocycles. The highest BCUT2D eigenvalue weighted by atomic mass is 15.3. The van der Waals surface area contributed by atoms with Crippen molar-refractivity contribution in [3.63, 3.8) is 0 Å². The van der Waals surface area contributed by atoms with E-state index in [4.69, 9.17) is 0 Å². The summed E-state index contributed by atoms with van der Waals surface area (Å²) in [5.41, 5.74) is 2.91. The summed E-state index contributed by atoms with van der Waals surface area (Å²) in [7, 11) is 3.78. The molecule has 0 aliphatic rings. The second-order valence-corrected chi connectivity index (χ2v) is 5.24. The van der Waals surface area contributed by atoms with Crippen LogP contribution >= 0.6 is 0 Å². The fourth-order valence-corrected chi connectivity index (χ4v) is 2.01. The standard InChI is InChI=1S/C14H22N6/c1-8(2)12-17-13(15-5)9(3)14(18-12)16-11-7-20(6)19-10(11)4/h7-8H,1-6H3,(H2,15,16,17,18). The van der Waals surface area contributed by atoms with Crippen molar-refractivity contribution < 1.29 is 0 Å². The molecular weight excluding hydrogens is 252 g/mol. The zero-order valence-corrected chi connectivity index (χ0v) is 12.9. The maximum Gasteiger partial charge on any atom is 0.139 e. The zero-order valence-electron chi connectivity index (χ0n) is 12.9. The number of aryl methyl sites for hydroxylation is 2. The third-order valence-electron chi connectivity index (χ3n) is 3.18. The molecule has 0 aliphatic heterocycles. The first-order chi connectivity index (χ1) is 9.42. The summed E-state index contributed by atoms with van der Waals surface area (Å²) in [6.45, 7) is 8.15. The molecule has 6 heteroatoms. The summed E-state index contributed by atoms with van der Waals surface area (Å²) >= 11 is 0. The van der Waals surface area contributed by atoms with E-state index in [-0.39, 0.29) is 5.92 Å². The van der Waals surface area contributed by atoms with Crippen LogP contribution in [0.1, 0.15) is 36.8 Å². The van der Waals surface area contributed by atoms with Crippen LogP contribution < -0.4 is 10.6 Å². The molecule has 0 bridgehead atoms. The van der Waals surface area contributed by atoms with Crippen LogP contribution in [0, 0.1) is 13.8 Å². The van der Waals surface area contributed by atoms with Crippen LogP contribution in [0.3, 0.4) is 0 Å². The van der Waals surface area contributed by atoms with Gasteiger partial charge in [-0.1, -0.05) is 13.8 Å². The maximum atomic E-state index is 4.63. The Labute approximate surface area is 119 Å². The Morgan fingerprint density at radius 3 is 2.30 bits per heavy atom. The van der Waals surface area contributed by atoms with E-state index in [9.17, 15) is 0 Å². The van der Waals surface area contributed by atoms with Crippen LogP contribution in [-0.2, 0) is 7.05 Å². The second-order valence-electron chi connectivity index (χ2n) is 5.24. The Hall–Kier alpha value is -2.11. The predicted octanol–water partition coefficient (Wildman–Crippen LogP) is 2.74. The summed E-state index contributed by atoms with van der Waals surface area (Å²) in [6, 6.07) is 0. The van der Waals surface area contributed by atoms with Crippen LogP contribution in [0.4, 0.5) is 17.3 Å². The van der Waals surface area contributed by atoms with E-state index in [2.05, 4.69) is 39.5 Å². The van der Waals surface area contributed by atoms with Gasteiger partial charge in [-0.25, -0.2) is 9.97 Å². The first-order valence-electron chi connectivity index (χ1n) is 6.76. The molecule has 2 aromatic heterocycles. The van der Waals surface area contributed by atoms with Gasteiger partial charge >= 0.3 is 0 Å². The Morgan fingerprint density at radius 1 is 1.15 bits per heavy atom. The van der Waals surface area contributed by atoms with Gasteiger partial charge in [0.2, 0.25) is 0 Å². The molecule has 0 aromatic carbocycles. The van der Waals surface area contributed by atoms with Gasteiger partial charge in [0.1, 0.15) is 17.5 Å². The molecule has 2 rings (SSSR count). The van der Waals surface area contributed by atoms with E-state index >= 15 is 0 Å². The first kappa shape index (κ1) is 14.3. The maximum absolute atomic E-state index is 4.63. The Bertz CT molecular complexity index is 614. The van der Waals surface area contributed by atoms with Gasteiger partial charge in [0.25, 0.3) is 0 Å². The number of hydrogen-bond donors (Lipinski definition) is 2. The Morgan fingerprint density at radius 2 is 1.80 bits per heavy atom. The molecule has 0 saturated carbocycles. The Kier molecular flexibility index (Phi) is 3.92. The number of anilines is 3. The molecular formula is C14H22N6. The highest BCUT2D eigenvalue weighted by Crippen LogP contribution is 2.26. The molecule has 0 spiro atoms. The van der Waals surface area contributed by atoms with Gasteiger partial charge in [-0.2, -0.15) is 5.10 Å². The number of nitrogens with one attached hydrogen (secondary N) is 2. The van der Waals surface area contributed by atoms with Crippen LogP contribution in [0.5, 0.6) is 0 Å². The smallest absolute Gasteiger partial charge is 0.139 e. The van der Waals surface area contributed by atoms with E-state index in [1.807, 2.05) is 34.1 Å². The lowest BCUT2D eigenvalue weighted by Crippen LogP contribution is -2.08. The average Bonchev–Trinajstić information content (AvgIpc) is 2.70. The van der Waals surface area contributed by atoms with Gasteiger partial charge in [-0.3, -0.25) is 4.68 Å². The second kappa shape index (κ2) is 5.48. The van der Waals surface area contributed by atoms with E-state index in [0.717, 1.165) is 34.4 Å². The fourth-order valence-electron chi connectivity index (χ4n) is 2.01. The lowest BCUT2D eigenvalue weighted by atomic mass is 10.2. The van der Waals surface area contributed by atoms with Crippen LogP contribution in [0.2, 0.25) is 0 Å². The summed E-state index contributed by atoms with van der Waals surface area (Å²) in [5, 5.41) is 10.8. The van der Waals surface area contributed by atoms with Crippen molar-refractivity contribution in [3.8, 4) is 0 Å². The number of hydrogen-bond acceptors (Lipinski definition) is 5. The first-order valence-corrected chi connectivity index (χ1v) is 6.76. The number of rotatable bonds is 4. The van der Waals surface area contributed by atoms with Crippen molar-refractivity contribution in [1.82, 2.24) is 19.7 Å². The van der Waals surface area contributed by atoms with E-state index in [0.29, 0.717) is 0 Å². The molecule has 0 atom stereocenters. The van der Waals surface area contributed by atoms with E-state index in [1.165, 1.54) is 0 Å². The van der Waals surface area contributed by atoms with Gasteiger partial charge < -0.3 is 10.6 Å². The molecule has 0 unspecified atom stereocenters. The van der Waals surface area contributed by atoms with Crippen molar-refractivity contribution in [2.45, 2.75) is 33.6 Å². The minimum Gasteiger partial charge on any atom is -0.373 e. The molecule has 0 saturated heterocycles. The van der Waals surface area contributed by atoms with Crippen molar-refractivity contribution in [2.75, 3.05) is 17.7 Å². The molecule has 108 valence electrons. The van der Waals surface area contributed by atoms with E-state index in [1.54, 1.807) is 4.68 Å². The minimum absolute atomic E-state index is 0.276. The van der Waals surface area contributed by atoms with Gasteiger partial charge in [-0.05, 0) is 13.8 Å². The fraction of sp³-hybridized carbons (Fsp3) is 0.500. The molecule has 6 nitrogen and oxygen atoms in total. The largest absolute Gasteiger partial charge is 0.373 e. The predicted molar refractivity (Wildman–Crippen MR) is 81.6 cm³/mol. The minimum atomic E-state index is 0.276. The SMILES string of the molecule is CNc1nc(C(C)C)nc(Nc2cn(C)nc2C)c1C. The summed E-state index contributed by atoms with van der Waals surface area (Å²) in [5.74, 6) is 2.78. The van der Waals surface area contributed by atoms with Gasteiger partial charge in [0.05, 0.1) is 11.4 Å². The zero-order chi connectivity index (χ0) is 14.9. The van der Waals surface area contributed by atoms with Crippen LogP contribution in [0.15, 0.2) is 6.20 Å². The summed E-state index contributed by atoms with van der Waals surface area (Å²) < 4.78 is 1.79. The van der Waals surface area contributed by atoms with Gasteiger partial charge in [0.15, 0.2) is 0 Å². The molecule has 0 radical (unpaired) electrons. The van der Waals surface area contributed by atoms with Crippen molar-refractivity contribution in [3.05, 3.63) is 23.3 Å². The van der Waals surface area contributed by atoms with Gasteiger partial charge in [0, 0.05) is 31.8 Å². The number of nitrogens with zero attached hydrogens (tertiary/aromatic N) is 4. The third-order valence-corrected chi connectivity index (χ3v) is 3.18. The van der Waals surface area contributed by atoms with Crippen LogP contribution in [0.25, 0.3) is 0 Å². The molecule has 2 aromatic rings. The molecule has 0 fully saturated rings. The highest BCUT2D eigenvalue weighted by molar-refractivity contribution is 5.65. The molecule has 0 amide bonds. The van der Waals surface area contributed by atoms with Crippen molar-refractivity contribution >= 4 is 17.3 Å². The monoisotopic (exact) mass is 274 g/mol. The topological polar surface area (TPSA) is 67.7 Å². The highest BCUT2D eigenvalue weighted by Gasteiger charge is 2.14. The molecule has 2 N–H and O–H groups in total. The number of aromatic nitrogens is 4. The van der Waals surface area contributed by atoms with E-state index < -0.39 is 0 Å². The third kappa shape index (κ3) is 2.74. The quantitative estimate of drug-likeness (QED) is 0.897. The summed E-state index contributed by atoms with van der Waals surface area (Å²) in [6.07, 6.45) is 1.95. The average molecular weight is 274 g/mol. The van der Waals surface area contributed by atoms with Crippen LogP contribution in [-0.4, -0.2) is 26.8 Å². The lowest BCUT2D eigenvalue weighted by Gasteiger charge is -2.14. The normalized spacial score (nSPS) is 10.9. The van der Waals surface area contributed by atoms with Gasteiger partial charge in [-0.15, -0.1) is 0 Å².